The van der Waals surface area contributed by atoms with Gasteiger partial charge < -0.3 is 20.6 Å². The van der Waals surface area contributed by atoms with Gasteiger partial charge in [0.2, 0.25) is 5.91 Å². The van der Waals surface area contributed by atoms with E-state index in [1.807, 2.05) is 13.8 Å². The van der Waals surface area contributed by atoms with E-state index in [0.29, 0.717) is 19.5 Å². The second kappa shape index (κ2) is 7.66. The van der Waals surface area contributed by atoms with Crippen molar-refractivity contribution in [1.82, 2.24) is 15.5 Å². The maximum Gasteiger partial charge on any atom is 0.315 e. The molecule has 1 aliphatic rings. The monoisotopic (exact) mass is 297 g/mol. The zero-order chi connectivity index (χ0) is 16.0. The van der Waals surface area contributed by atoms with Crippen LogP contribution in [0.15, 0.2) is 12.2 Å². The van der Waals surface area contributed by atoms with Crippen LogP contribution in [0.3, 0.4) is 0 Å². The zero-order valence-corrected chi connectivity index (χ0v) is 12.6. The number of nitrogens with one attached hydrogen (secondary N) is 2. The zero-order valence-electron chi connectivity index (χ0n) is 12.6. The maximum atomic E-state index is 12.0. The summed E-state index contributed by atoms with van der Waals surface area (Å²) in [7, 11) is 0. The molecular formula is C14H23N3O4. The number of aliphatic carboxylic acids is 1. The number of amides is 3. The number of nitrogens with zero attached hydrogens (tertiary/aromatic N) is 1. The fourth-order valence-electron chi connectivity index (χ4n) is 2.27. The molecule has 1 rings (SSSR count). The Morgan fingerprint density at radius 1 is 1.29 bits per heavy atom. The lowest BCUT2D eigenvalue weighted by Gasteiger charge is -2.24. The van der Waals surface area contributed by atoms with Crippen LogP contribution in [0.5, 0.6) is 0 Å². The first-order valence-electron chi connectivity index (χ1n) is 7.15. The molecule has 118 valence electrons. The van der Waals surface area contributed by atoms with Crippen LogP contribution < -0.4 is 10.6 Å². The second-order valence-corrected chi connectivity index (χ2v) is 5.02. The van der Waals surface area contributed by atoms with Crippen LogP contribution >= 0.6 is 0 Å². The molecule has 21 heavy (non-hydrogen) atoms. The topological polar surface area (TPSA) is 98.7 Å². The van der Waals surface area contributed by atoms with Gasteiger partial charge in [-0.2, -0.15) is 0 Å². The molecule has 0 saturated heterocycles. The summed E-state index contributed by atoms with van der Waals surface area (Å²) in [6, 6.07) is -1.41. The third-order valence-corrected chi connectivity index (χ3v) is 3.51. The van der Waals surface area contributed by atoms with Crippen molar-refractivity contribution in [2.45, 2.75) is 39.3 Å². The van der Waals surface area contributed by atoms with Gasteiger partial charge in [-0.15, -0.1) is 0 Å². The summed E-state index contributed by atoms with van der Waals surface area (Å²) in [5.41, 5.74) is 0. The van der Waals surface area contributed by atoms with Crippen molar-refractivity contribution in [3.05, 3.63) is 12.2 Å². The highest BCUT2D eigenvalue weighted by atomic mass is 16.4. The molecule has 0 bridgehead atoms. The molecule has 0 aromatic carbocycles. The third-order valence-electron chi connectivity index (χ3n) is 3.51. The van der Waals surface area contributed by atoms with Gasteiger partial charge >= 0.3 is 12.0 Å². The molecule has 3 N–H and O–H groups in total. The van der Waals surface area contributed by atoms with E-state index in [1.54, 1.807) is 24.0 Å². The average molecular weight is 297 g/mol. The molecular weight excluding hydrogens is 274 g/mol. The molecule has 0 fully saturated rings. The van der Waals surface area contributed by atoms with Crippen LogP contribution in [-0.4, -0.2) is 53.1 Å². The van der Waals surface area contributed by atoms with Crippen LogP contribution in [0.4, 0.5) is 4.79 Å². The van der Waals surface area contributed by atoms with E-state index < -0.39 is 24.0 Å². The number of hydrogen-bond acceptors (Lipinski definition) is 3. The predicted octanol–water partition coefficient (Wildman–Crippen LogP) is 0.572. The Morgan fingerprint density at radius 3 is 2.38 bits per heavy atom. The van der Waals surface area contributed by atoms with Crippen molar-refractivity contribution in [3.8, 4) is 0 Å². The minimum Gasteiger partial charge on any atom is -0.481 e. The van der Waals surface area contributed by atoms with Gasteiger partial charge in [0.25, 0.3) is 0 Å². The van der Waals surface area contributed by atoms with Crippen LogP contribution in [0.1, 0.15) is 27.2 Å². The van der Waals surface area contributed by atoms with Gasteiger partial charge in [-0.1, -0.05) is 12.2 Å². The first-order chi connectivity index (χ1) is 9.88. The van der Waals surface area contributed by atoms with Crippen molar-refractivity contribution in [3.63, 3.8) is 0 Å². The van der Waals surface area contributed by atoms with E-state index in [0.717, 1.165) is 0 Å². The summed E-state index contributed by atoms with van der Waals surface area (Å²) in [6.07, 6.45) is 3.56. The lowest BCUT2D eigenvalue weighted by Crippen LogP contribution is -2.51. The van der Waals surface area contributed by atoms with Crippen molar-refractivity contribution in [2.75, 3.05) is 13.1 Å². The van der Waals surface area contributed by atoms with Crippen molar-refractivity contribution >= 4 is 17.9 Å². The van der Waals surface area contributed by atoms with Crippen LogP contribution in [0.2, 0.25) is 0 Å². The number of carboxylic acid groups (broad SMARTS) is 1. The number of carboxylic acids is 1. The fourth-order valence-corrected chi connectivity index (χ4v) is 2.27. The number of carbonyl (C=O) groups is 3. The number of urea groups is 1. The molecule has 3 unspecified atom stereocenters. The normalized spacial score (nSPS) is 21.7. The summed E-state index contributed by atoms with van der Waals surface area (Å²) in [5, 5.41) is 14.1. The number of hydrogen-bond donors (Lipinski definition) is 3. The van der Waals surface area contributed by atoms with E-state index in [9.17, 15) is 14.4 Å². The molecule has 0 aliphatic heterocycles. The highest BCUT2D eigenvalue weighted by molar-refractivity contribution is 5.87. The van der Waals surface area contributed by atoms with Crippen molar-refractivity contribution < 1.29 is 19.5 Å². The van der Waals surface area contributed by atoms with Gasteiger partial charge in [-0.05, 0) is 27.2 Å². The summed E-state index contributed by atoms with van der Waals surface area (Å²) >= 11 is 0. The largest absolute Gasteiger partial charge is 0.481 e. The molecule has 1 aliphatic carbocycles. The van der Waals surface area contributed by atoms with Crippen LogP contribution in [0, 0.1) is 5.92 Å². The third kappa shape index (κ3) is 4.77. The molecule has 0 radical (unpaired) electrons. The average Bonchev–Trinajstić information content (AvgIpc) is 2.88. The molecule has 0 aromatic heterocycles. The number of rotatable bonds is 6. The van der Waals surface area contributed by atoms with Gasteiger partial charge in [-0.25, -0.2) is 4.79 Å². The lowest BCUT2D eigenvalue weighted by atomic mass is 10.1. The van der Waals surface area contributed by atoms with Crippen LogP contribution in [-0.2, 0) is 9.59 Å². The smallest absolute Gasteiger partial charge is 0.315 e. The van der Waals surface area contributed by atoms with Gasteiger partial charge in [0, 0.05) is 13.1 Å². The molecule has 7 heteroatoms. The molecule has 0 saturated carbocycles. The fraction of sp³-hybridized carbons (Fsp3) is 0.643. The number of likely N-dealkylation sites (N-methyl/N-ethyl adjacent to an activating group) is 1. The molecule has 3 amide bonds. The van der Waals surface area contributed by atoms with Crippen molar-refractivity contribution in [1.29, 1.82) is 0 Å². The Bertz CT molecular complexity index is 432. The lowest BCUT2D eigenvalue weighted by molar-refractivity contribution is -0.140. The molecule has 0 aromatic rings. The van der Waals surface area contributed by atoms with E-state index in [-0.39, 0.29) is 11.9 Å². The molecule has 3 atom stereocenters. The highest BCUT2D eigenvalue weighted by Gasteiger charge is 2.26. The standard InChI is InChI=1S/C14H23N3O4/c1-4-17(5-2)12(18)9(3)15-14(21)16-11-7-6-10(8-11)13(19)20/h6-7,9-11H,4-5,8H2,1-3H3,(H,19,20)(H2,15,16,21). The first-order valence-corrected chi connectivity index (χ1v) is 7.15. The summed E-state index contributed by atoms with van der Waals surface area (Å²) in [6.45, 7) is 6.57. The van der Waals surface area contributed by atoms with E-state index in [1.165, 1.54) is 0 Å². The Hall–Kier alpha value is -2.05. The molecule has 7 nitrogen and oxygen atoms in total. The number of carbonyl (C=O) groups excluding carboxylic acids is 2. The first kappa shape index (κ1) is 17.0. The Morgan fingerprint density at radius 2 is 1.90 bits per heavy atom. The van der Waals surface area contributed by atoms with E-state index in [2.05, 4.69) is 10.6 Å². The second-order valence-electron chi connectivity index (χ2n) is 5.02. The minimum atomic E-state index is -0.902. The quantitative estimate of drug-likeness (QED) is 0.624. The molecule has 0 spiro atoms. The van der Waals surface area contributed by atoms with Gasteiger partial charge in [0.05, 0.1) is 12.0 Å². The summed E-state index contributed by atoms with van der Waals surface area (Å²) < 4.78 is 0. The van der Waals surface area contributed by atoms with Gasteiger partial charge in [0.15, 0.2) is 0 Å². The van der Waals surface area contributed by atoms with E-state index >= 15 is 0 Å². The minimum absolute atomic E-state index is 0.138. The van der Waals surface area contributed by atoms with Crippen LogP contribution in [0.25, 0.3) is 0 Å². The van der Waals surface area contributed by atoms with Gasteiger partial charge in [0.1, 0.15) is 6.04 Å². The maximum absolute atomic E-state index is 12.0. The predicted molar refractivity (Wildman–Crippen MR) is 77.7 cm³/mol. The van der Waals surface area contributed by atoms with Gasteiger partial charge in [-0.3, -0.25) is 9.59 Å². The molecule has 0 heterocycles. The SMILES string of the molecule is CCN(CC)C(=O)C(C)NC(=O)NC1C=CC(C(=O)O)C1. The Balaban J connectivity index is 2.42. The van der Waals surface area contributed by atoms with Crippen molar-refractivity contribution in [2.24, 2.45) is 5.92 Å². The highest BCUT2D eigenvalue weighted by Crippen LogP contribution is 2.17. The Labute approximate surface area is 124 Å². The summed E-state index contributed by atoms with van der Waals surface area (Å²) in [4.78, 5) is 36.3. The Kier molecular flexibility index (Phi) is 6.20. The van der Waals surface area contributed by atoms with E-state index in [4.69, 9.17) is 5.11 Å². The summed E-state index contributed by atoms with van der Waals surface area (Å²) in [5.74, 6) is -1.61.